The van der Waals surface area contributed by atoms with E-state index in [2.05, 4.69) is 5.32 Å². The third-order valence-corrected chi connectivity index (χ3v) is 3.13. The summed E-state index contributed by atoms with van der Waals surface area (Å²) in [4.78, 5) is 12.5. The van der Waals surface area contributed by atoms with Crippen LogP contribution in [-0.4, -0.2) is 12.8 Å². The third-order valence-electron chi connectivity index (χ3n) is 3.13. The summed E-state index contributed by atoms with van der Waals surface area (Å²) in [5.74, 6) is -0.279. The highest BCUT2D eigenvalue weighted by Gasteiger charge is 2.37. The lowest BCUT2D eigenvalue weighted by molar-refractivity contribution is -0.120. The molecule has 1 unspecified atom stereocenters. The van der Waals surface area contributed by atoms with E-state index < -0.39 is 11.9 Å². The van der Waals surface area contributed by atoms with Crippen LogP contribution in [0.5, 0.6) is 0 Å². The Morgan fingerprint density at radius 3 is 2.80 bits per heavy atom. The van der Waals surface area contributed by atoms with Gasteiger partial charge in [-0.2, -0.15) is 0 Å². The van der Waals surface area contributed by atoms with Crippen molar-refractivity contribution in [2.45, 2.75) is 6.10 Å². The van der Waals surface area contributed by atoms with E-state index in [-0.39, 0.29) is 5.78 Å². The fourth-order valence-corrected chi connectivity index (χ4v) is 2.22. The van der Waals surface area contributed by atoms with Crippen LogP contribution < -0.4 is 5.32 Å². The Labute approximate surface area is 114 Å². The van der Waals surface area contributed by atoms with Gasteiger partial charge < -0.3 is 14.5 Å². The van der Waals surface area contributed by atoms with Crippen LogP contribution in [0.15, 0.2) is 53.2 Å². The first-order valence-corrected chi connectivity index (χ1v) is 6.11. The summed E-state index contributed by atoms with van der Waals surface area (Å²) < 4.78 is 23.9. The van der Waals surface area contributed by atoms with Crippen LogP contribution in [0.2, 0.25) is 0 Å². The molecule has 5 heteroatoms. The van der Waals surface area contributed by atoms with Crippen molar-refractivity contribution in [3.05, 3.63) is 65.7 Å². The number of rotatable bonds is 3. The van der Waals surface area contributed by atoms with Crippen molar-refractivity contribution < 1.29 is 18.3 Å². The highest BCUT2D eigenvalue weighted by Crippen LogP contribution is 2.37. The molecule has 1 aromatic heterocycles. The van der Waals surface area contributed by atoms with Gasteiger partial charge in [0.25, 0.3) is 0 Å². The van der Waals surface area contributed by atoms with Gasteiger partial charge in [0, 0.05) is 12.6 Å². The van der Waals surface area contributed by atoms with Crippen LogP contribution >= 0.6 is 0 Å². The number of ether oxygens (including phenoxy) is 1. The van der Waals surface area contributed by atoms with Crippen molar-refractivity contribution in [3.63, 3.8) is 0 Å². The molecule has 0 fully saturated rings. The Morgan fingerprint density at radius 1 is 1.30 bits per heavy atom. The monoisotopic (exact) mass is 273 g/mol. The lowest BCUT2D eigenvalue weighted by Gasteiger charge is -2.08. The minimum Gasteiger partial charge on any atom is -0.472 e. The standard InChI is InChI=1S/C15H12FNO3/c1-17-15-12(9-3-2-4-11(16)7-9)13(18)14(20-15)10-5-6-19-8-10/h2-8,14,17H,1H3. The van der Waals surface area contributed by atoms with Gasteiger partial charge in [-0.15, -0.1) is 0 Å². The number of Topliss-reactive ketones (excluding diaryl/α,β-unsaturated/α-hetero) is 1. The fraction of sp³-hybridized carbons (Fsp3) is 0.133. The Bertz CT molecular complexity index is 676. The van der Waals surface area contributed by atoms with Crippen LogP contribution in [0, 0.1) is 5.82 Å². The molecule has 0 aliphatic carbocycles. The number of carbonyl (C=O) groups excluding carboxylic acids is 1. The number of benzene rings is 1. The van der Waals surface area contributed by atoms with Crippen molar-refractivity contribution in [2.75, 3.05) is 7.05 Å². The molecule has 4 nitrogen and oxygen atoms in total. The van der Waals surface area contributed by atoms with E-state index >= 15 is 0 Å². The summed E-state index contributed by atoms with van der Waals surface area (Å²) in [7, 11) is 1.65. The number of carbonyl (C=O) groups is 1. The van der Waals surface area contributed by atoms with Gasteiger partial charge >= 0.3 is 0 Å². The second kappa shape index (κ2) is 4.85. The lowest BCUT2D eigenvalue weighted by atomic mass is 9.98. The maximum absolute atomic E-state index is 13.3. The minimum atomic E-state index is -0.755. The molecule has 2 aromatic rings. The smallest absolute Gasteiger partial charge is 0.214 e. The van der Waals surface area contributed by atoms with Crippen molar-refractivity contribution in [1.82, 2.24) is 5.32 Å². The first-order chi connectivity index (χ1) is 9.70. The van der Waals surface area contributed by atoms with Crippen LogP contribution in [0.4, 0.5) is 4.39 Å². The van der Waals surface area contributed by atoms with Crippen molar-refractivity contribution >= 4 is 11.4 Å². The first kappa shape index (κ1) is 12.5. The van der Waals surface area contributed by atoms with Gasteiger partial charge in [0.15, 0.2) is 12.0 Å². The average Bonchev–Trinajstić information content (AvgIpc) is 3.05. The molecule has 1 atom stereocenters. The molecule has 0 saturated carbocycles. The van der Waals surface area contributed by atoms with E-state index in [0.717, 1.165) is 0 Å². The molecular weight excluding hydrogens is 261 g/mol. The number of ketones is 1. The largest absolute Gasteiger partial charge is 0.472 e. The lowest BCUT2D eigenvalue weighted by Crippen LogP contribution is -2.09. The molecule has 3 rings (SSSR count). The van der Waals surface area contributed by atoms with Crippen LogP contribution in [0.3, 0.4) is 0 Å². The maximum Gasteiger partial charge on any atom is 0.214 e. The molecule has 0 spiro atoms. The van der Waals surface area contributed by atoms with E-state index in [1.165, 1.54) is 24.7 Å². The zero-order chi connectivity index (χ0) is 14.1. The summed E-state index contributed by atoms with van der Waals surface area (Å²) in [5.41, 5.74) is 1.47. The minimum absolute atomic E-state index is 0.221. The predicted octanol–water partition coefficient (Wildman–Crippen LogP) is 2.65. The first-order valence-electron chi connectivity index (χ1n) is 6.11. The van der Waals surface area contributed by atoms with Gasteiger partial charge in [-0.25, -0.2) is 4.39 Å². The van der Waals surface area contributed by atoms with Gasteiger partial charge in [0.1, 0.15) is 5.82 Å². The van der Waals surface area contributed by atoms with E-state index in [1.54, 1.807) is 25.2 Å². The van der Waals surface area contributed by atoms with Crippen LogP contribution in [0.25, 0.3) is 5.57 Å². The Balaban J connectivity index is 2.02. The van der Waals surface area contributed by atoms with Crippen molar-refractivity contribution in [1.29, 1.82) is 0 Å². The maximum atomic E-state index is 13.3. The predicted molar refractivity (Wildman–Crippen MR) is 69.9 cm³/mol. The molecule has 1 aliphatic heterocycles. The molecule has 102 valence electrons. The van der Waals surface area contributed by atoms with Gasteiger partial charge in [0.2, 0.25) is 5.78 Å². The molecule has 0 bridgehead atoms. The van der Waals surface area contributed by atoms with Gasteiger partial charge in [-0.05, 0) is 23.8 Å². The van der Waals surface area contributed by atoms with E-state index in [9.17, 15) is 9.18 Å². The summed E-state index contributed by atoms with van der Waals surface area (Å²) in [6.45, 7) is 0. The van der Waals surface area contributed by atoms with Gasteiger partial charge in [-0.3, -0.25) is 4.79 Å². The third kappa shape index (κ3) is 1.97. The molecule has 1 aromatic carbocycles. The SMILES string of the molecule is CNC1=C(c2cccc(F)c2)C(=O)C(c2ccoc2)O1. The number of halogens is 1. The normalized spacial score (nSPS) is 18.3. The summed E-state index contributed by atoms with van der Waals surface area (Å²) >= 11 is 0. The molecular formula is C15H12FNO3. The van der Waals surface area contributed by atoms with Gasteiger partial charge in [-0.1, -0.05) is 12.1 Å². The Hall–Kier alpha value is -2.56. The van der Waals surface area contributed by atoms with Crippen molar-refractivity contribution in [2.24, 2.45) is 0 Å². The van der Waals surface area contributed by atoms with Crippen LogP contribution in [-0.2, 0) is 9.53 Å². The van der Waals surface area contributed by atoms with Crippen LogP contribution in [0.1, 0.15) is 17.2 Å². The average molecular weight is 273 g/mol. The van der Waals surface area contributed by atoms with E-state index in [4.69, 9.17) is 9.15 Å². The van der Waals surface area contributed by atoms with E-state index in [1.807, 2.05) is 0 Å². The molecule has 20 heavy (non-hydrogen) atoms. The van der Waals surface area contributed by atoms with E-state index in [0.29, 0.717) is 22.6 Å². The number of furan rings is 1. The zero-order valence-electron chi connectivity index (χ0n) is 10.7. The molecule has 0 saturated heterocycles. The summed E-state index contributed by atoms with van der Waals surface area (Å²) in [5, 5.41) is 2.84. The molecule has 0 radical (unpaired) electrons. The molecule has 0 amide bonds. The Morgan fingerprint density at radius 2 is 2.15 bits per heavy atom. The molecule has 1 aliphatic rings. The second-order valence-electron chi connectivity index (χ2n) is 4.38. The number of hydrogen-bond donors (Lipinski definition) is 1. The fourth-order valence-electron chi connectivity index (χ4n) is 2.22. The summed E-state index contributed by atoms with van der Waals surface area (Å²) in [6, 6.07) is 7.55. The number of nitrogens with one attached hydrogen (secondary N) is 1. The van der Waals surface area contributed by atoms with Gasteiger partial charge in [0.05, 0.1) is 18.1 Å². The zero-order valence-corrected chi connectivity index (χ0v) is 10.7. The molecule has 2 heterocycles. The van der Waals surface area contributed by atoms with Crippen molar-refractivity contribution in [3.8, 4) is 0 Å². The quantitative estimate of drug-likeness (QED) is 0.934. The number of hydrogen-bond acceptors (Lipinski definition) is 4. The Kier molecular flexibility index (Phi) is 3.02. The summed E-state index contributed by atoms with van der Waals surface area (Å²) in [6.07, 6.45) is 2.18. The highest BCUT2D eigenvalue weighted by atomic mass is 19.1. The molecule has 1 N–H and O–H groups in total. The highest BCUT2D eigenvalue weighted by molar-refractivity contribution is 6.25. The topological polar surface area (TPSA) is 51.5 Å². The second-order valence-corrected chi connectivity index (χ2v) is 4.38.